The number of benzene rings is 2. The minimum absolute atomic E-state index is 0.572. The maximum Gasteiger partial charge on any atom is 0.0435 e. The number of hydrogen-bond donors (Lipinski definition) is 0. The molecule has 0 saturated heterocycles. The van der Waals surface area contributed by atoms with E-state index in [1.54, 1.807) is 22.1 Å². The zero-order valence-corrected chi connectivity index (χ0v) is 13.2. The summed E-state index contributed by atoms with van der Waals surface area (Å²) in [4.78, 5) is 0.572. The molecule has 0 N–H and O–H groups in total. The number of rotatable bonds is 2. The first kappa shape index (κ1) is 11.8. The molecule has 0 aromatic heterocycles. The summed E-state index contributed by atoms with van der Waals surface area (Å²) >= 11 is 4.06. The van der Waals surface area contributed by atoms with Crippen LogP contribution in [0.5, 0.6) is 0 Å². The molecule has 3 aliphatic rings. The Hall–Kier alpha value is -0.820. The summed E-state index contributed by atoms with van der Waals surface area (Å²) in [6, 6.07) is 11.7. The summed E-state index contributed by atoms with van der Waals surface area (Å²) in [5, 5.41) is 3.09. The molecule has 20 heavy (non-hydrogen) atoms. The Morgan fingerprint density at radius 1 is 0.950 bits per heavy atom. The van der Waals surface area contributed by atoms with Crippen molar-refractivity contribution in [1.29, 1.82) is 0 Å². The second-order valence-corrected chi connectivity index (χ2v) is 7.88. The number of aryl methyl sites for hydroxylation is 2. The van der Waals surface area contributed by atoms with Crippen LogP contribution in [0.4, 0.5) is 0 Å². The van der Waals surface area contributed by atoms with E-state index in [1.165, 1.54) is 37.5 Å². The Morgan fingerprint density at radius 2 is 1.70 bits per heavy atom. The lowest BCUT2D eigenvalue weighted by molar-refractivity contribution is 0.584. The van der Waals surface area contributed by atoms with Crippen molar-refractivity contribution in [2.45, 2.75) is 36.9 Å². The highest BCUT2D eigenvalue weighted by Crippen LogP contribution is 2.64. The number of halogens is 1. The van der Waals surface area contributed by atoms with Gasteiger partial charge in [0.15, 0.2) is 0 Å². The van der Waals surface area contributed by atoms with Crippen LogP contribution < -0.4 is 0 Å². The molecule has 3 aliphatic carbocycles. The van der Waals surface area contributed by atoms with E-state index in [-0.39, 0.29) is 0 Å². The van der Waals surface area contributed by atoms with Gasteiger partial charge in [0.25, 0.3) is 0 Å². The van der Waals surface area contributed by atoms with Crippen LogP contribution in [0.3, 0.4) is 0 Å². The molecule has 2 fully saturated rings. The second kappa shape index (κ2) is 4.10. The van der Waals surface area contributed by atoms with E-state index in [9.17, 15) is 0 Å². The topological polar surface area (TPSA) is 0 Å². The molecule has 1 heteroatoms. The molecule has 0 spiro atoms. The first-order chi connectivity index (χ1) is 9.84. The highest BCUT2D eigenvalue weighted by atomic mass is 79.9. The van der Waals surface area contributed by atoms with Crippen LogP contribution in [0.15, 0.2) is 30.3 Å². The minimum Gasteiger partial charge on any atom is -0.0835 e. The third-order valence-electron chi connectivity index (χ3n) is 6.02. The fourth-order valence-corrected chi connectivity index (χ4v) is 6.21. The molecule has 0 bridgehead atoms. The maximum absolute atomic E-state index is 4.06. The summed E-state index contributed by atoms with van der Waals surface area (Å²) < 4.78 is 0. The van der Waals surface area contributed by atoms with E-state index in [2.05, 4.69) is 46.3 Å². The lowest BCUT2D eigenvalue weighted by atomic mass is 9.95. The highest BCUT2D eigenvalue weighted by Gasteiger charge is 2.55. The molecule has 0 amide bonds. The van der Waals surface area contributed by atoms with Crippen molar-refractivity contribution in [3.63, 3.8) is 0 Å². The van der Waals surface area contributed by atoms with E-state index in [0.29, 0.717) is 4.83 Å². The molecule has 2 aromatic rings. The molecule has 0 radical (unpaired) electrons. The van der Waals surface area contributed by atoms with Crippen molar-refractivity contribution in [2.75, 3.05) is 0 Å². The van der Waals surface area contributed by atoms with E-state index in [1.807, 2.05) is 0 Å². The first-order valence-corrected chi connectivity index (χ1v) is 8.93. The van der Waals surface area contributed by atoms with E-state index in [4.69, 9.17) is 0 Å². The fraction of sp³-hybridized carbons (Fsp3) is 0.474. The quantitative estimate of drug-likeness (QED) is 0.646. The van der Waals surface area contributed by atoms with Crippen LogP contribution in [-0.4, -0.2) is 0 Å². The van der Waals surface area contributed by atoms with Gasteiger partial charge in [0.1, 0.15) is 0 Å². The Morgan fingerprint density at radius 3 is 2.50 bits per heavy atom. The zero-order chi connectivity index (χ0) is 13.3. The molecule has 102 valence electrons. The van der Waals surface area contributed by atoms with Gasteiger partial charge in [-0.15, -0.1) is 0 Å². The fourth-order valence-electron chi connectivity index (χ4n) is 5.03. The molecular weight excluding hydrogens is 308 g/mol. The average Bonchev–Trinajstić information content (AvgIpc) is 2.84. The third kappa shape index (κ3) is 1.48. The summed E-state index contributed by atoms with van der Waals surface area (Å²) in [6.45, 7) is 0. The summed E-state index contributed by atoms with van der Waals surface area (Å²) in [5.74, 6) is 2.94. The number of hydrogen-bond acceptors (Lipinski definition) is 0. The van der Waals surface area contributed by atoms with Gasteiger partial charge < -0.3 is 0 Å². The van der Waals surface area contributed by atoms with E-state index in [0.717, 1.165) is 17.8 Å². The minimum atomic E-state index is 0.572. The van der Waals surface area contributed by atoms with E-state index >= 15 is 0 Å². The van der Waals surface area contributed by atoms with Crippen molar-refractivity contribution in [3.05, 3.63) is 47.0 Å². The molecule has 0 heterocycles. The Bertz CT molecular complexity index is 682. The summed E-state index contributed by atoms with van der Waals surface area (Å²) in [6.07, 6.45) is 6.88. The van der Waals surface area contributed by atoms with Gasteiger partial charge in [-0.25, -0.2) is 0 Å². The smallest absolute Gasteiger partial charge is 0.0435 e. The number of alkyl halides is 1. The van der Waals surface area contributed by atoms with Crippen LogP contribution in [0.2, 0.25) is 0 Å². The Labute approximate surface area is 128 Å². The lowest BCUT2D eigenvalue weighted by Crippen LogP contribution is -1.99. The van der Waals surface area contributed by atoms with E-state index < -0.39 is 0 Å². The van der Waals surface area contributed by atoms with Crippen LogP contribution in [0.1, 0.15) is 40.8 Å². The van der Waals surface area contributed by atoms with Crippen molar-refractivity contribution >= 4 is 26.7 Å². The van der Waals surface area contributed by atoms with Crippen molar-refractivity contribution < 1.29 is 0 Å². The van der Waals surface area contributed by atoms with Crippen molar-refractivity contribution in [1.82, 2.24) is 0 Å². The van der Waals surface area contributed by atoms with Gasteiger partial charge in [0.05, 0.1) is 0 Å². The average molecular weight is 327 g/mol. The molecule has 3 atom stereocenters. The molecule has 3 unspecified atom stereocenters. The molecular formula is C19H19Br. The standard InChI is InChI=1S/C19H19Br/c20-19(18-13-5-2-6-14(13)18)16-10-9-12-8-7-11-3-1-4-15(16)17(11)12/h1,3-4,9-10,13-14,18-19H,2,5-8H2. The normalized spacial score (nSPS) is 31.6. The van der Waals surface area contributed by atoms with Crippen LogP contribution in [-0.2, 0) is 12.8 Å². The molecule has 0 nitrogen and oxygen atoms in total. The van der Waals surface area contributed by atoms with Gasteiger partial charge in [-0.2, -0.15) is 0 Å². The third-order valence-corrected chi connectivity index (χ3v) is 7.12. The predicted octanol–water partition coefficient (Wildman–Crippen LogP) is 5.42. The number of fused-ring (bicyclic) bond motifs is 1. The largest absolute Gasteiger partial charge is 0.0835 e. The van der Waals surface area contributed by atoms with Crippen molar-refractivity contribution in [3.8, 4) is 0 Å². The van der Waals surface area contributed by atoms with Gasteiger partial charge >= 0.3 is 0 Å². The van der Waals surface area contributed by atoms with Crippen LogP contribution in [0.25, 0.3) is 10.8 Å². The monoisotopic (exact) mass is 326 g/mol. The summed E-state index contributed by atoms with van der Waals surface area (Å²) in [5.41, 5.74) is 4.68. The SMILES string of the molecule is BrC(c1ccc2c3c(cccc13)CC2)C1C2CCCC21. The van der Waals surface area contributed by atoms with Crippen molar-refractivity contribution in [2.24, 2.45) is 17.8 Å². The van der Waals surface area contributed by atoms with Gasteiger partial charge in [-0.05, 0) is 70.9 Å². The van der Waals surface area contributed by atoms with Crippen LogP contribution in [0, 0.1) is 17.8 Å². The molecule has 2 saturated carbocycles. The summed E-state index contributed by atoms with van der Waals surface area (Å²) in [7, 11) is 0. The van der Waals surface area contributed by atoms with Gasteiger partial charge in [-0.1, -0.05) is 52.7 Å². The van der Waals surface area contributed by atoms with Crippen LogP contribution >= 0.6 is 15.9 Å². The highest BCUT2D eigenvalue weighted by molar-refractivity contribution is 9.09. The second-order valence-electron chi connectivity index (χ2n) is 6.89. The van der Waals surface area contributed by atoms with Gasteiger partial charge in [0, 0.05) is 4.83 Å². The molecule has 2 aromatic carbocycles. The Balaban J connectivity index is 1.63. The first-order valence-electron chi connectivity index (χ1n) is 8.02. The lowest BCUT2D eigenvalue weighted by Gasteiger charge is -2.16. The Kier molecular flexibility index (Phi) is 2.42. The molecule has 5 rings (SSSR count). The molecule has 0 aliphatic heterocycles. The predicted molar refractivity (Wildman–Crippen MR) is 87.3 cm³/mol. The van der Waals surface area contributed by atoms with Gasteiger partial charge in [-0.3, -0.25) is 0 Å². The maximum atomic E-state index is 4.06. The zero-order valence-electron chi connectivity index (χ0n) is 11.6. The van der Waals surface area contributed by atoms with Gasteiger partial charge in [0.2, 0.25) is 0 Å².